The summed E-state index contributed by atoms with van der Waals surface area (Å²) in [4.78, 5) is 25.0. The number of halogens is 2. The van der Waals surface area contributed by atoms with Crippen LogP contribution in [0.4, 0.5) is 0 Å². The molecule has 0 radical (unpaired) electrons. The van der Waals surface area contributed by atoms with Gasteiger partial charge >= 0.3 is 5.97 Å². The summed E-state index contributed by atoms with van der Waals surface area (Å²) < 4.78 is 17.1. The van der Waals surface area contributed by atoms with Crippen LogP contribution in [0.5, 0.6) is 17.2 Å². The van der Waals surface area contributed by atoms with Gasteiger partial charge in [0.15, 0.2) is 18.1 Å². The first kappa shape index (κ1) is 24.5. The van der Waals surface area contributed by atoms with Gasteiger partial charge < -0.3 is 14.2 Å². The maximum Gasteiger partial charge on any atom is 0.355 e. The Morgan fingerprint density at radius 2 is 1.86 bits per heavy atom. The molecule has 1 amide bonds. The fraction of sp³-hybridized carbons (Fsp3) is 0.0800. The Hall–Kier alpha value is -3.59. The normalized spacial score (nSPS) is 10.9. The number of benzene rings is 3. The van der Waals surface area contributed by atoms with Crippen molar-refractivity contribution in [3.05, 3.63) is 87.2 Å². The predicted octanol–water partition coefficient (Wildman–Crippen LogP) is 5.97. The highest BCUT2D eigenvalue weighted by Gasteiger charge is 2.20. The highest BCUT2D eigenvalue weighted by Crippen LogP contribution is 2.37. The van der Waals surface area contributed by atoms with Gasteiger partial charge in [-0.2, -0.15) is 5.10 Å². The van der Waals surface area contributed by atoms with E-state index in [1.165, 1.54) is 24.7 Å². The van der Waals surface area contributed by atoms with Crippen molar-refractivity contribution in [2.24, 2.45) is 5.10 Å². The van der Waals surface area contributed by atoms with E-state index in [4.69, 9.17) is 37.4 Å². The Morgan fingerprint density at radius 3 is 2.63 bits per heavy atom. The van der Waals surface area contributed by atoms with E-state index in [0.717, 1.165) is 10.1 Å². The number of carbonyl (C=O) groups is 2. The van der Waals surface area contributed by atoms with Gasteiger partial charge in [0, 0.05) is 15.1 Å². The lowest BCUT2D eigenvalue weighted by atomic mass is 10.2. The van der Waals surface area contributed by atoms with Crippen LogP contribution >= 0.6 is 34.5 Å². The highest BCUT2D eigenvalue weighted by molar-refractivity contribution is 7.21. The number of nitrogens with zero attached hydrogens (tertiary/aromatic N) is 1. The Labute approximate surface area is 214 Å². The summed E-state index contributed by atoms with van der Waals surface area (Å²) in [5, 5.41) is 5.57. The summed E-state index contributed by atoms with van der Waals surface area (Å²) in [5.41, 5.74) is 2.98. The standard InChI is InChI=1S/C25H18Cl2N2O5S/c1-32-20-11-15(13-28-29-22(30)14-33-17-6-4-5-16(26)12-17)9-10-19(20)34-25(31)24-23(27)18-7-2-3-8-21(18)35-24/h2-13H,14H2,1H3,(H,29,30). The lowest BCUT2D eigenvalue weighted by molar-refractivity contribution is -0.123. The molecule has 0 saturated heterocycles. The molecule has 0 spiro atoms. The number of ether oxygens (including phenoxy) is 3. The molecule has 0 fully saturated rings. The maximum absolute atomic E-state index is 12.7. The van der Waals surface area contributed by atoms with Gasteiger partial charge in [0.25, 0.3) is 5.91 Å². The topological polar surface area (TPSA) is 86.2 Å². The number of amides is 1. The third-order valence-corrected chi connectivity index (χ3v) is 6.57. The number of hydrogen-bond donors (Lipinski definition) is 1. The van der Waals surface area contributed by atoms with Gasteiger partial charge in [-0.05, 0) is 48.0 Å². The lowest BCUT2D eigenvalue weighted by Gasteiger charge is -2.09. The molecule has 4 rings (SSSR count). The number of rotatable bonds is 8. The summed E-state index contributed by atoms with van der Waals surface area (Å²) in [7, 11) is 1.45. The van der Waals surface area contributed by atoms with E-state index in [0.29, 0.717) is 32.0 Å². The van der Waals surface area contributed by atoms with Crippen LogP contribution in [-0.4, -0.2) is 31.8 Å². The molecule has 3 aromatic carbocycles. The van der Waals surface area contributed by atoms with Crippen LogP contribution in [0.15, 0.2) is 71.8 Å². The fourth-order valence-electron chi connectivity index (χ4n) is 3.06. The van der Waals surface area contributed by atoms with Gasteiger partial charge in [0.2, 0.25) is 0 Å². The number of esters is 1. The number of fused-ring (bicyclic) bond motifs is 1. The van der Waals surface area contributed by atoms with Crippen LogP contribution in [0.25, 0.3) is 10.1 Å². The van der Waals surface area contributed by atoms with E-state index < -0.39 is 11.9 Å². The van der Waals surface area contributed by atoms with Gasteiger partial charge in [-0.3, -0.25) is 4.79 Å². The molecule has 1 heterocycles. The lowest BCUT2D eigenvalue weighted by Crippen LogP contribution is -2.24. The summed E-state index contributed by atoms with van der Waals surface area (Å²) >= 11 is 13.5. The van der Waals surface area contributed by atoms with Crippen molar-refractivity contribution < 1.29 is 23.8 Å². The number of nitrogens with one attached hydrogen (secondary N) is 1. The quantitative estimate of drug-likeness (QED) is 0.132. The molecule has 10 heteroatoms. The van der Waals surface area contributed by atoms with Crippen molar-refractivity contribution in [2.45, 2.75) is 0 Å². The van der Waals surface area contributed by atoms with Crippen molar-refractivity contribution in [1.29, 1.82) is 0 Å². The van der Waals surface area contributed by atoms with Gasteiger partial charge in [0.05, 0.1) is 18.3 Å². The minimum absolute atomic E-state index is 0.224. The molecule has 0 bridgehead atoms. The highest BCUT2D eigenvalue weighted by atomic mass is 35.5. The van der Waals surface area contributed by atoms with Gasteiger partial charge in [-0.15, -0.1) is 11.3 Å². The second kappa shape index (κ2) is 11.2. The molecule has 1 aromatic heterocycles. The number of methoxy groups -OCH3 is 1. The first-order valence-corrected chi connectivity index (χ1v) is 11.8. The first-order chi connectivity index (χ1) is 16.9. The SMILES string of the molecule is COc1cc(C=NNC(=O)COc2cccc(Cl)c2)ccc1OC(=O)c1sc2ccccc2c1Cl. The average Bonchev–Trinajstić information content (AvgIpc) is 3.20. The molecular weight excluding hydrogens is 511 g/mol. The maximum atomic E-state index is 12.7. The molecular formula is C25H18Cl2N2O5S. The van der Waals surface area contributed by atoms with E-state index in [1.807, 2.05) is 24.3 Å². The zero-order valence-corrected chi connectivity index (χ0v) is 20.6. The van der Waals surface area contributed by atoms with Crippen LogP contribution in [0, 0.1) is 0 Å². The van der Waals surface area contributed by atoms with E-state index >= 15 is 0 Å². The molecule has 0 aliphatic rings. The molecule has 0 saturated carbocycles. The van der Waals surface area contributed by atoms with Crippen molar-refractivity contribution >= 4 is 62.7 Å². The van der Waals surface area contributed by atoms with Crippen molar-refractivity contribution in [2.75, 3.05) is 13.7 Å². The number of thiophene rings is 1. The summed E-state index contributed by atoms with van der Waals surface area (Å²) in [6.07, 6.45) is 1.42. The predicted molar refractivity (Wildman–Crippen MR) is 137 cm³/mol. The van der Waals surface area contributed by atoms with E-state index in [-0.39, 0.29) is 12.4 Å². The van der Waals surface area contributed by atoms with Gasteiger partial charge in [0.1, 0.15) is 10.6 Å². The van der Waals surface area contributed by atoms with E-state index in [2.05, 4.69) is 10.5 Å². The molecule has 7 nitrogen and oxygen atoms in total. The first-order valence-electron chi connectivity index (χ1n) is 10.2. The molecule has 178 valence electrons. The molecule has 1 N–H and O–H groups in total. The average molecular weight is 529 g/mol. The Morgan fingerprint density at radius 1 is 1.03 bits per heavy atom. The third-order valence-electron chi connectivity index (χ3n) is 4.68. The van der Waals surface area contributed by atoms with Gasteiger partial charge in [-0.1, -0.05) is 47.5 Å². The second-order valence-electron chi connectivity index (χ2n) is 7.08. The minimum Gasteiger partial charge on any atom is -0.493 e. The number of carbonyl (C=O) groups excluding carboxylic acids is 2. The molecule has 0 unspecified atom stereocenters. The zero-order chi connectivity index (χ0) is 24.8. The van der Waals surface area contributed by atoms with Crippen LogP contribution in [0.3, 0.4) is 0 Å². The summed E-state index contributed by atoms with van der Waals surface area (Å²) in [6, 6.07) is 19.0. The fourth-order valence-corrected chi connectivity index (χ4v) is 4.62. The van der Waals surface area contributed by atoms with Crippen LogP contribution in [-0.2, 0) is 4.79 Å². The van der Waals surface area contributed by atoms with E-state index in [1.54, 1.807) is 42.5 Å². The number of hydrogen-bond acceptors (Lipinski definition) is 7. The molecule has 0 atom stereocenters. The Kier molecular flexibility index (Phi) is 7.87. The molecule has 0 aliphatic carbocycles. The minimum atomic E-state index is -0.581. The smallest absolute Gasteiger partial charge is 0.355 e. The van der Waals surface area contributed by atoms with Crippen LogP contribution in [0.2, 0.25) is 10.0 Å². The Bertz CT molecular complexity index is 1420. The third kappa shape index (κ3) is 6.10. The van der Waals surface area contributed by atoms with E-state index in [9.17, 15) is 9.59 Å². The summed E-state index contributed by atoms with van der Waals surface area (Å²) in [6.45, 7) is -0.226. The van der Waals surface area contributed by atoms with Crippen LogP contribution < -0.4 is 19.6 Å². The molecule has 0 aliphatic heterocycles. The molecule has 4 aromatic rings. The zero-order valence-electron chi connectivity index (χ0n) is 18.3. The number of hydrazone groups is 1. The summed E-state index contributed by atoms with van der Waals surface area (Å²) in [5.74, 6) is -0.0115. The largest absolute Gasteiger partial charge is 0.493 e. The van der Waals surface area contributed by atoms with Crippen LogP contribution in [0.1, 0.15) is 15.2 Å². The second-order valence-corrected chi connectivity index (χ2v) is 8.95. The van der Waals surface area contributed by atoms with Crippen molar-refractivity contribution in [3.8, 4) is 17.2 Å². The molecule has 35 heavy (non-hydrogen) atoms. The van der Waals surface area contributed by atoms with Crippen molar-refractivity contribution in [1.82, 2.24) is 5.43 Å². The van der Waals surface area contributed by atoms with Gasteiger partial charge in [-0.25, -0.2) is 10.2 Å². The monoisotopic (exact) mass is 528 g/mol. The van der Waals surface area contributed by atoms with Crippen molar-refractivity contribution in [3.63, 3.8) is 0 Å². The Balaban J connectivity index is 1.37.